The van der Waals surface area contributed by atoms with Crippen LogP contribution in [0.2, 0.25) is 0 Å². The highest BCUT2D eigenvalue weighted by Crippen LogP contribution is 2.25. The summed E-state index contributed by atoms with van der Waals surface area (Å²) in [4.78, 5) is 39.0. The molecule has 0 atom stereocenters. The first-order valence-electron chi connectivity index (χ1n) is 8.15. The summed E-state index contributed by atoms with van der Waals surface area (Å²) in [7, 11) is 0. The number of primary amides is 1. The van der Waals surface area contributed by atoms with E-state index in [0.717, 1.165) is 11.1 Å². The number of nitrogens with zero attached hydrogens (tertiary/aromatic N) is 2. The fourth-order valence-corrected chi connectivity index (χ4v) is 2.59. The minimum atomic E-state index is -0.640. The minimum Gasteiger partial charge on any atom is -0.460 e. The zero-order chi connectivity index (χ0) is 19.9. The summed E-state index contributed by atoms with van der Waals surface area (Å²) >= 11 is 0. The molecule has 7 nitrogen and oxygen atoms in total. The van der Waals surface area contributed by atoms with Crippen molar-refractivity contribution in [1.29, 1.82) is 0 Å². The maximum Gasteiger partial charge on any atom is 0.333 e. The van der Waals surface area contributed by atoms with E-state index < -0.39 is 17.5 Å². The molecule has 1 aromatic rings. The summed E-state index contributed by atoms with van der Waals surface area (Å²) in [5.41, 5.74) is 7.44. The van der Waals surface area contributed by atoms with Crippen LogP contribution in [0.4, 0.5) is 10.5 Å². The third-order valence-corrected chi connectivity index (χ3v) is 3.97. The van der Waals surface area contributed by atoms with Gasteiger partial charge in [0.05, 0.1) is 12.2 Å². The standard InChI is InChI=1S/C19H25N3O4/c1-13(2)17(24)26-9-8-22(18(20)25)19(4,5)11-15-7-6-14(3)16(10-15)21-12-23/h6-7,10H,1,8-9,11H2,2-5H3,(H2,20,25). The molecule has 0 aliphatic carbocycles. The summed E-state index contributed by atoms with van der Waals surface area (Å²) in [5, 5.41) is 0. The van der Waals surface area contributed by atoms with Crippen LogP contribution in [-0.2, 0) is 20.7 Å². The van der Waals surface area contributed by atoms with Gasteiger partial charge in [0.2, 0.25) is 6.08 Å². The van der Waals surface area contributed by atoms with Gasteiger partial charge in [-0.3, -0.25) is 0 Å². The molecule has 0 heterocycles. The van der Waals surface area contributed by atoms with Crippen molar-refractivity contribution in [3.63, 3.8) is 0 Å². The first-order valence-corrected chi connectivity index (χ1v) is 8.15. The predicted octanol–water partition coefficient (Wildman–Crippen LogP) is 2.78. The monoisotopic (exact) mass is 359 g/mol. The Balaban J connectivity index is 2.91. The Morgan fingerprint density at radius 1 is 1.38 bits per heavy atom. The Morgan fingerprint density at radius 3 is 2.58 bits per heavy atom. The SMILES string of the molecule is C=C(C)C(=O)OCCN(C(N)=O)C(C)(C)Cc1ccc(C)c(N=C=O)c1. The molecule has 0 radical (unpaired) electrons. The van der Waals surface area contributed by atoms with Gasteiger partial charge in [-0.2, -0.15) is 4.99 Å². The van der Waals surface area contributed by atoms with E-state index in [1.54, 1.807) is 13.0 Å². The highest BCUT2D eigenvalue weighted by atomic mass is 16.5. The van der Waals surface area contributed by atoms with Gasteiger partial charge in [-0.05, 0) is 51.3 Å². The second kappa shape index (κ2) is 8.97. The number of hydrogen-bond acceptors (Lipinski definition) is 5. The molecule has 0 aliphatic rings. The average Bonchev–Trinajstić information content (AvgIpc) is 2.53. The van der Waals surface area contributed by atoms with Gasteiger partial charge >= 0.3 is 12.0 Å². The molecule has 1 aromatic carbocycles. The van der Waals surface area contributed by atoms with Crippen LogP contribution in [0.5, 0.6) is 0 Å². The van der Waals surface area contributed by atoms with Gasteiger partial charge in [-0.25, -0.2) is 14.4 Å². The van der Waals surface area contributed by atoms with Crippen molar-refractivity contribution in [2.45, 2.75) is 39.7 Å². The molecule has 0 unspecified atom stereocenters. The number of amides is 2. The van der Waals surface area contributed by atoms with E-state index >= 15 is 0 Å². The molecule has 0 aliphatic heterocycles. The summed E-state index contributed by atoms with van der Waals surface area (Å²) in [5.74, 6) is -0.512. The van der Waals surface area contributed by atoms with Gasteiger partial charge < -0.3 is 15.4 Å². The van der Waals surface area contributed by atoms with Crippen molar-refractivity contribution in [1.82, 2.24) is 4.90 Å². The Morgan fingerprint density at radius 2 is 2.04 bits per heavy atom. The molecular weight excluding hydrogens is 334 g/mol. The van der Waals surface area contributed by atoms with Crippen LogP contribution in [-0.4, -0.2) is 41.7 Å². The summed E-state index contributed by atoms with van der Waals surface area (Å²) in [6.07, 6.45) is 2.02. The highest BCUT2D eigenvalue weighted by molar-refractivity contribution is 5.86. The minimum absolute atomic E-state index is 0.0205. The van der Waals surface area contributed by atoms with Crippen LogP contribution in [0.1, 0.15) is 31.9 Å². The van der Waals surface area contributed by atoms with Crippen LogP contribution in [0.15, 0.2) is 35.3 Å². The lowest BCUT2D eigenvalue weighted by molar-refractivity contribution is -0.139. The van der Waals surface area contributed by atoms with Gasteiger partial charge in [0.25, 0.3) is 0 Å². The summed E-state index contributed by atoms with van der Waals surface area (Å²) in [6, 6.07) is 4.92. The van der Waals surface area contributed by atoms with Crippen molar-refractivity contribution < 1.29 is 19.1 Å². The molecule has 0 fully saturated rings. The zero-order valence-corrected chi connectivity index (χ0v) is 15.7. The van der Waals surface area contributed by atoms with Crippen LogP contribution in [0, 0.1) is 6.92 Å². The summed E-state index contributed by atoms with van der Waals surface area (Å²) < 4.78 is 5.05. The Labute approximate surface area is 153 Å². The smallest absolute Gasteiger partial charge is 0.333 e. The van der Waals surface area contributed by atoms with E-state index in [-0.39, 0.29) is 18.7 Å². The van der Waals surface area contributed by atoms with Crippen LogP contribution in [0.3, 0.4) is 0 Å². The number of ether oxygens (including phenoxy) is 1. The first kappa shape index (κ1) is 21.1. The van der Waals surface area contributed by atoms with E-state index in [4.69, 9.17) is 10.5 Å². The Kier molecular flexibility index (Phi) is 7.28. The quantitative estimate of drug-likeness (QED) is 0.334. The Hall–Kier alpha value is -2.92. The maximum atomic E-state index is 11.9. The number of hydrogen-bond donors (Lipinski definition) is 1. The van der Waals surface area contributed by atoms with E-state index in [2.05, 4.69) is 11.6 Å². The third kappa shape index (κ3) is 5.86. The van der Waals surface area contributed by atoms with E-state index in [0.29, 0.717) is 12.1 Å². The van der Waals surface area contributed by atoms with Gasteiger partial charge in [0.1, 0.15) is 6.61 Å². The van der Waals surface area contributed by atoms with Crippen molar-refractivity contribution in [2.24, 2.45) is 10.7 Å². The van der Waals surface area contributed by atoms with Gasteiger partial charge in [0.15, 0.2) is 0 Å². The number of carbonyl (C=O) groups excluding carboxylic acids is 3. The molecular formula is C19H25N3O4. The molecule has 0 saturated heterocycles. The summed E-state index contributed by atoms with van der Waals surface area (Å²) in [6.45, 7) is 10.8. The number of aliphatic imine (C=N–C) groups is 1. The third-order valence-electron chi connectivity index (χ3n) is 3.97. The highest BCUT2D eigenvalue weighted by Gasteiger charge is 2.30. The number of carbonyl (C=O) groups is 2. The fourth-order valence-electron chi connectivity index (χ4n) is 2.59. The number of nitrogens with two attached hydrogens (primary N) is 1. The van der Waals surface area contributed by atoms with Crippen molar-refractivity contribution in [2.75, 3.05) is 13.2 Å². The number of urea groups is 1. The molecule has 7 heteroatoms. The Bertz CT molecular complexity index is 749. The van der Waals surface area contributed by atoms with Gasteiger partial charge in [0, 0.05) is 11.1 Å². The molecule has 0 spiro atoms. The molecule has 0 aromatic heterocycles. The number of benzene rings is 1. The molecule has 26 heavy (non-hydrogen) atoms. The maximum absolute atomic E-state index is 11.9. The van der Waals surface area contributed by atoms with Crippen molar-refractivity contribution in [3.8, 4) is 0 Å². The number of rotatable bonds is 8. The predicted molar refractivity (Wildman–Crippen MR) is 98.8 cm³/mol. The molecule has 1 rings (SSSR count). The lowest BCUT2D eigenvalue weighted by Gasteiger charge is -2.37. The fraction of sp³-hybridized carbons (Fsp3) is 0.421. The number of isocyanates is 1. The number of esters is 1. The topological polar surface area (TPSA) is 102 Å². The average molecular weight is 359 g/mol. The number of aryl methyl sites for hydroxylation is 1. The van der Waals surface area contributed by atoms with Gasteiger partial charge in [-0.15, -0.1) is 0 Å². The zero-order valence-electron chi connectivity index (χ0n) is 15.7. The second-order valence-electron chi connectivity index (χ2n) is 6.72. The molecule has 0 saturated carbocycles. The second-order valence-corrected chi connectivity index (χ2v) is 6.72. The molecule has 2 amide bonds. The lowest BCUT2D eigenvalue weighted by atomic mass is 9.92. The largest absolute Gasteiger partial charge is 0.460 e. The lowest BCUT2D eigenvalue weighted by Crippen LogP contribution is -2.52. The van der Waals surface area contributed by atoms with Crippen LogP contribution >= 0.6 is 0 Å². The molecule has 140 valence electrons. The van der Waals surface area contributed by atoms with E-state index in [9.17, 15) is 14.4 Å². The molecule has 2 N–H and O–H groups in total. The van der Waals surface area contributed by atoms with Crippen molar-refractivity contribution >= 4 is 23.8 Å². The van der Waals surface area contributed by atoms with E-state index in [1.165, 1.54) is 11.0 Å². The molecule has 0 bridgehead atoms. The van der Waals surface area contributed by atoms with Crippen LogP contribution in [0.25, 0.3) is 0 Å². The van der Waals surface area contributed by atoms with Crippen molar-refractivity contribution in [3.05, 3.63) is 41.5 Å². The van der Waals surface area contributed by atoms with Gasteiger partial charge in [-0.1, -0.05) is 18.7 Å². The van der Waals surface area contributed by atoms with Crippen LogP contribution < -0.4 is 5.73 Å². The first-order chi connectivity index (χ1) is 12.1. The van der Waals surface area contributed by atoms with E-state index in [1.807, 2.05) is 32.9 Å². The normalized spacial score (nSPS) is 10.6.